The molecule has 6 nitrogen and oxygen atoms in total. The Balaban J connectivity index is 2.70. The smallest absolute Gasteiger partial charge is 0.329 e. The highest BCUT2D eigenvalue weighted by Crippen LogP contribution is 2.15. The number of amides is 2. The number of nitrogens with two attached hydrogens (primary N) is 1. The fourth-order valence-electron chi connectivity index (χ4n) is 1.11. The van der Waals surface area contributed by atoms with Crippen molar-refractivity contribution in [3.63, 3.8) is 0 Å². The number of halogens is 3. The molecular formula is C9H10F3N3O3S. The van der Waals surface area contributed by atoms with Gasteiger partial charge in [0.1, 0.15) is 6.54 Å². The van der Waals surface area contributed by atoms with Gasteiger partial charge in [-0.3, -0.25) is 0 Å². The average molecular weight is 297 g/mol. The molecule has 0 spiro atoms. The van der Waals surface area contributed by atoms with Crippen molar-refractivity contribution in [2.45, 2.75) is 11.1 Å². The number of carbonyl (C=O) groups excluding carboxylic acids is 1. The van der Waals surface area contributed by atoms with Gasteiger partial charge in [-0.2, -0.15) is 13.2 Å². The van der Waals surface area contributed by atoms with Gasteiger partial charge in [-0.05, 0) is 18.2 Å². The lowest BCUT2D eigenvalue weighted by Crippen LogP contribution is -2.36. The van der Waals surface area contributed by atoms with E-state index in [4.69, 9.17) is 5.14 Å². The van der Waals surface area contributed by atoms with Crippen LogP contribution in [0.2, 0.25) is 0 Å². The van der Waals surface area contributed by atoms with Gasteiger partial charge >= 0.3 is 12.2 Å². The molecule has 0 heterocycles. The number of sulfonamides is 1. The molecule has 0 atom stereocenters. The zero-order chi connectivity index (χ0) is 14.7. The number of urea groups is 1. The lowest BCUT2D eigenvalue weighted by atomic mass is 10.3. The summed E-state index contributed by atoms with van der Waals surface area (Å²) in [5.74, 6) is 0. The van der Waals surface area contributed by atoms with Crippen LogP contribution in [-0.4, -0.2) is 27.2 Å². The molecule has 0 aromatic heterocycles. The van der Waals surface area contributed by atoms with E-state index in [1.807, 2.05) is 0 Å². The van der Waals surface area contributed by atoms with Crippen molar-refractivity contribution < 1.29 is 26.4 Å². The van der Waals surface area contributed by atoms with Crippen LogP contribution in [0.4, 0.5) is 23.7 Å². The zero-order valence-corrected chi connectivity index (χ0v) is 10.2. The molecule has 4 N–H and O–H groups in total. The number of benzene rings is 1. The molecule has 0 fully saturated rings. The maximum atomic E-state index is 11.8. The van der Waals surface area contributed by atoms with Gasteiger partial charge in [0.2, 0.25) is 10.0 Å². The largest absolute Gasteiger partial charge is 0.405 e. The monoisotopic (exact) mass is 297 g/mol. The van der Waals surface area contributed by atoms with Crippen molar-refractivity contribution in [2.75, 3.05) is 11.9 Å². The van der Waals surface area contributed by atoms with Crippen LogP contribution in [-0.2, 0) is 10.0 Å². The van der Waals surface area contributed by atoms with Gasteiger partial charge in [0.25, 0.3) is 0 Å². The highest BCUT2D eigenvalue weighted by molar-refractivity contribution is 7.89. The molecule has 0 saturated heterocycles. The third-order valence-electron chi connectivity index (χ3n) is 1.87. The summed E-state index contributed by atoms with van der Waals surface area (Å²) in [6.45, 7) is -1.49. The molecule has 1 rings (SSSR count). The normalized spacial score (nSPS) is 12.0. The standard InChI is InChI=1S/C9H10F3N3O3S/c10-9(11,12)5-14-8(16)15-6-2-1-3-7(4-6)19(13,17)18/h1-4H,5H2,(H2,13,17,18)(H2,14,15,16). The molecule has 19 heavy (non-hydrogen) atoms. The van der Waals surface area contributed by atoms with E-state index in [1.165, 1.54) is 18.2 Å². The third-order valence-corrected chi connectivity index (χ3v) is 2.78. The fourth-order valence-corrected chi connectivity index (χ4v) is 1.67. The number of alkyl halides is 3. The average Bonchev–Trinajstić information content (AvgIpc) is 2.25. The minimum Gasteiger partial charge on any atom is -0.329 e. The lowest BCUT2D eigenvalue weighted by Gasteiger charge is -2.10. The first-order valence-electron chi connectivity index (χ1n) is 4.82. The molecule has 0 saturated carbocycles. The van der Waals surface area contributed by atoms with Crippen LogP contribution < -0.4 is 15.8 Å². The molecule has 1 aromatic carbocycles. The second kappa shape index (κ2) is 5.45. The lowest BCUT2D eigenvalue weighted by molar-refractivity contribution is -0.122. The summed E-state index contributed by atoms with van der Waals surface area (Å²) in [5.41, 5.74) is 0.00574. The number of hydrogen-bond donors (Lipinski definition) is 3. The summed E-state index contributed by atoms with van der Waals surface area (Å²) in [6.07, 6.45) is -4.53. The second-order valence-corrected chi connectivity index (χ2v) is 5.06. The summed E-state index contributed by atoms with van der Waals surface area (Å²) < 4.78 is 57.6. The molecule has 0 unspecified atom stereocenters. The van der Waals surface area contributed by atoms with Crippen molar-refractivity contribution in [2.24, 2.45) is 5.14 Å². The van der Waals surface area contributed by atoms with Gasteiger partial charge in [-0.1, -0.05) is 6.07 Å². The Morgan fingerprint density at radius 1 is 1.32 bits per heavy atom. The van der Waals surface area contributed by atoms with Crippen LogP contribution in [0, 0.1) is 0 Å². The third kappa shape index (κ3) is 5.57. The molecule has 0 aliphatic heterocycles. The highest BCUT2D eigenvalue weighted by atomic mass is 32.2. The first-order chi connectivity index (χ1) is 8.58. The Kier molecular flexibility index (Phi) is 4.37. The van der Waals surface area contributed by atoms with Crippen molar-refractivity contribution in [3.8, 4) is 0 Å². The number of hydrogen-bond acceptors (Lipinski definition) is 3. The van der Waals surface area contributed by atoms with E-state index in [1.54, 1.807) is 5.32 Å². The van der Waals surface area contributed by atoms with Crippen LogP contribution in [0.3, 0.4) is 0 Å². The molecule has 0 radical (unpaired) electrons. The zero-order valence-electron chi connectivity index (χ0n) is 9.36. The summed E-state index contributed by atoms with van der Waals surface area (Å²) in [7, 11) is -3.95. The Morgan fingerprint density at radius 2 is 1.95 bits per heavy atom. The Bertz CT molecular complexity index is 572. The number of primary sulfonamides is 1. The van der Waals surface area contributed by atoms with Gasteiger partial charge in [-0.15, -0.1) is 0 Å². The second-order valence-electron chi connectivity index (χ2n) is 3.50. The summed E-state index contributed by atoms with van der Waals surface area (Å²) in [5, 5.41) is 8.50. The van der Waals surface area contributed by atoms with Crippen LogP contribution in [0.25, 0.3) is 0 Å². The maximum Gasteiger partial charge on any atom is 0.405 e. The maximum absolute atomic E-state index is 11.8. The molecule has 10 heteroatoms. The quantitative estimate of drug-likeness (QED) is 0.776. The minimum absolute atomic E-state index is 0.00574. The molecule has 0 aliphatic rings. The Labute approximate surface area is 106 Å². The van der Waals surface area contributed by atoms with E-state index in [2.05, 4.69) is 5.32 Å². The predicted molar refractivity (Wildman–Crippen MR) is 60.9 cm³/mol. The number of anilines is 1. The van der Waals surface area contributed by atoms with Crippen molar-refractivity contribution in [3.05, 3.63) is 24.3 Å². The predicted octanol–water partition coefficient (Wildman–Crippen LogP) is 1.02. The van der Waals surface area contributed by atoms with Crippen molar-refractivity contribution in [1.29, 1.82) is 0 Å². The van der Waals surface area contributed by atoms with Crippen molar-refractivity contribution in [1.82, 2.24) is 5.32 Å². The van der Waals surface area contributed by atoms with E-state index in [0.717, 1.165) is 6.07 Å². The highest BCUT2D eigenvalue weighted by Gasteiger charge is 2.27. The Morgan fingerprint density at radius 3 is 2.47 bits per heavy atom. The molecule has 0 aliphatic carbocycles. The summed E-state index contributed by atoms with van der Waals surface area (Å²) in [4.78, 5) is 10.9. The molecule has 2 amide bonds. The van der Waals surface area contributed by atoms with E-state index < -0.39 is 28.8 Å². The number of rotatable bonds is 3. The first kappa shape index (κ1) is 15.2. The summed E-state index contributed by atoms with van der Waals surface area (Å²) in [6, 6.07) is 3.71. The first-order valence-corrected chi connectivity index (χ1v) is 6.37. The van der Waals surface area contributed by atoms with E-state index in [-0.39, 0.29) is 10.6 Å². The van der Waals surface area contributed by atoms with Gasteiger partial charge in [-0.25, -0.2) is 18.4 Å². The van der Waals surface area contributed by atoms with Gasteiger partial charge in [0.05, 0.1) is 4.90 Å². The van der Waals surface area contributed by atoms with Gasteiger partial charge < -0.3 is 10.6 Å². The molecule has 1 aromatic rings. The molecule has 106 valence electrons. The topological polar surface area (TPSA) is 101 Å². The van der Waals surface area contributed by atoms with Crippen LogP contribution >= 0.6 is 0 Å². The SMILES string of the molecule is NS(=O)(=O)c1cccc(NC(=O)NCC(F)(F)F)c1. The van der Waals surface area contributed by atoms with E-state index in [9.17, 15) is 26.4 Å². The van der Waals surface area contributed by atoms with Gasteiger partial charge in [0.15, 0.2) is 0 Å². The van der Waals surface area contributed by atoms with Crippen LogP contribution in [0.1, 0.15) is 0 Å². The number of nitrogens with one attached hydrogen (secondary N) is 2. The van der Waals surface area contributed by atoms with E-state index in [0.29, 0.717) is 0 Å². The minimum atomic E-state index is -4.53. The van der Waals surface area contributed by atoms with Crippen LogP contribution in [0.5, 0.6) is 0 Å². The molecular weight excluding hydrogens is 287 g/mol. The van der Waals surface area contributed by atoms with Crippen LogP contribution in [0.15, 0.2) is 29.2 Å². The fraction of sp³-hybridized carbons (Fsp3) is 0.222. The van der Waals surface area contributed by atoms with Crippen molar-refractivity contribution >= 4 is 21.7 Å². The van der Waals surface area contributed by atoms with Gasteiger partial charge in [0, 0.05) is 5.69 Å². The Hall–Kier alpha value is -1.81. The molecule has 0 bridgehead atoms. The van der Waals surface area contributed by atoms with E-state index >= 15 is 0 Å². The summed E-state index contributed by atoms with van der Waals surface area (Å²) >= 11 is 0. The number of carbonyl (C=O) groups is 1.